The van der Waals surface area contributed by atoms with Crippen LogP contribution in [0.5, 0.6) is 0 Å². The van der Waals surface area contributed by atoms with E-state index < -0.39 is 0 Å². The molecule has 1 heterocycles. The second-order valence-electron chi connectivity index (χ2n) is 6.26. The normalized spacial score (nSPS) is 12.3. The predicted octanol–water partition coefficient (Wildman–Crippen LogP) is 4.85. The van der Waals surface area contributed by atoms with Gasteiger partial charge in [0.1, 0.15) is 5.78 Å². The Labute approximate surface area is 137 Å². The van der Waals surface area contributed by atoms with Crippen molar-refractivity contribution in [3.63, 3.8) is 0 Å². The third-order valence-electron chi connectivity index (χ3n) is 4.25. The van der Waals surface area contributed by atoms with Crippen molar-refractivity contribution in [2.24, 2.45) is 0 Å². The van der Waals surface area contributed by atoms with Crippen LogP contribution >= 0.6 is 0 Å². The van der Waals surface area contributed by atoms with E-state index in [-0.39, 0.29) is 11.7 Å². The van der Waals surface area contributed by atoms with Crippen molar-refractivity contribution < 1.29 is 4.79 Å². The molecule has 116 valence electrons. The van der Waals surface area contributed by atoms with Crippen molar-refractivity contribution in [3.8, 4) is 0 Å². The molecule has 3 aromatic rings. The van der Waals surface area contributed by atoms with Crippen molar-refractivity contribution in [2.45, 2.75) is 32.6 Å². The number of benzene rings is 2. The first-order valence-electron chi connectivity index (χ1n) is 8.04. The molecule has 1 aromatic heterocycles. The number of rotatable bonds is 5. The molecule has 0 saturated heterocycles. The summed E-state index contributed by atoms with van der Waals surface area (Å²) in [6.45, 7) is 4.20. The van der Waals surface area contributed by atoms with Crippen molar-refractivity contribution in [3.05, 3.63) is 77.5 Å². The molecule has 2 heteroatoms. The third kappa shape index (κ3) is 3.84. The lowest BCUT2D eigenvalue weighted by molar-refractivity contribution is -0.118. The van der Waals surface area contributed by atoms with Crippen molar-refractivity contribution >= 4 is 16.7 Å². The second kappa shape index (κ2) is 6.74. The third-order valence-corrected chi connectivity index (χ3v) is 4.25. The first kappa shape index (κ1) is 15.4. The van der Waals surface area contributed by atoms with E-state index in [1.54, 1.807) is 6.20 Å². The van der Waals surface area contributed by atoms with Crippen LogP contribution in [-0.4, -0.2) is 10.8 Å². The highest BCUT2D eigenvalue weighted by molar-refractivity contribution is 5.84. The van der Waals surface area contributed by atoms with Gasteiger partial charge in [-0.15, -0.1) is 0 Å². The van der Waals surface area contributed by atoms with Crippen LogP contribution in [0.2, 0.25) is 0 Å². The van der Waals surface area contributed by atoms with Gasteiger partial charge in [-0.2, -0.15) is 0 Å². The maximum absolute atomic E-state index is 12.4. The molecule has 0 saturated carbocycles. The Bertz CT molecular complexity index is 821. The Kier molecular flexibility index (Phi) is 4.52. The number of nitrogens with zero attached hydrogens (tertiary/aromatic N) is 1. The molecule has 0 aliphatic heterocycles. The quantitative estimate of drug-likeness (QED) is 0.674. The number of Topliss-reactive ketones (excluding diaryl/α,β-unsaturated/α-hetero) is 1. The molecule has 0 aliphatic carbocycles. The number of hydrogen-bond donors (Lipinski definition) is 0. The van der Waals surface area contributed by atoms with E-state index in [0.717, 1.165) is 16.5 Å². The minimum Gasteiger partial charge on any atom is -0.299 e. The Morgan fingerprint density at radius 1 is 1.09 bits per heavy atom. The average Bonchev–Trinajstić information content (AvgIpc) is 2.55. The summed E-state index contributed by atoms with van der Waals surface area (Å²) in [6, 6.07) is 18.5. The maximum atomic E-state index is 12.4. The van der Waals surface area contributed by atoms with E-state index in [1.165, 1.54) is 11.1 Å². The Hall–Kier alpha value is -2.48. The molecule has 0 N–H and O–H groups in total. The molecule has 2 nitrogen and oxygen atoms in total. The standard InChI is InChI=1S/C21H21NO/c1-15-5-8-18(9-6-15)16(2)12-20(23)14-17-7-10-21-19(13-17)4-3-11-22-21/h3-11,13,16H,12,14H2,1-2H3. The topological polar surface area (TPSA) is 30.0 Å². The number of fused-ring (bicyclic) bond motifs is 1. The summed E-state index contributed by atoms with van der Waals surface area (Å²) in [5, 5.41) is 1.09. The fourth-order valence-corrected chi connectivity index (χ4v) is 2.89. The summed E-state index contributed by atoms with van der Waals surface area (Å²) in [6.07, 6.45) is 2.85. The lowest BCUT2D eigenvalue weighted by Gasteiger charge is -2.11. The van der Waals surface area contributed by atoms with Gasteiger partial charge in [-0.3, -0.25) is 9.78 Å². The summed E-state index contributed by atoms with van der Waals surface area (Å²) >= 11 is 0. The Balaban J connectivity index is 1.67. The first-order chi connectivity index (χ1) is 11.1. The molecule has 2 aromatic carbocycles. The van der Waals surface area contributed by atoms with Gasteiger partial charge in [0.05, 0.1) is 5.52 Å². The molecule has 3 rings (SSSR count). The minimum absolute atomic E-state index is 0.255. The van der Waals surface area contributed by atoms with E-state index in [4.69, 9.17) is 0 Å². The van der Waals surface area contributed by atoms with Gasteiger partial charge in [0, 0.05) is 24.4 Å². The van der Waals surface area contributed by atoms with Gasteiger partial charge in [-0.1, -0.05) is 48.9 Å². The van der Waals surface area contributed by atoms with Crippen molar-refractivity contribution in [2.75, 3.05) is 0 Å². The van der Waals surface area contributed by atoms with Crippen LogP contribution in [0.3, 0.4) is 0 Å². The first-order valence-corrected chi connectivity index (χ1v) is 8.04. The van der Waals surface area contributed by atoms with E-state index in [9.17, 15) is 4.79 Å². The van der Waals surface area contributed by atoms with Crippen LogP contribution in [0, 0.1) is 6.92 Å². The number of aryl methyl sites for hydroxylation is 1. The van der Waals surface area contributed by atoms with Gasteiger partial charge in [0.2, 0.25) is 0 Å². The number of carbonyl (C=O) groups is 1. The van der Waals surface area contributed by atoms with Crippen LogP contribution in [0.15, 0.2) is 60.8 Å². The van der Waals surface area contributed by atoms with Crippen LogP contribution in [0.4, 0.5) is 0 Å². The van der Waals surface area contributed by atoms with E-state index >= 15 is 0 Å². The van der Waals surface area contributed by atoms with Crippen LogP contribution < -0.4 is 0 Å². The minimum atomic E-state index is 0.255. The van der Waals surface area contributed by atoms with Gasteiger partial charge < -0.3 is 0 Å². The van der Waals surface area contributed by atoms with Crippen molar-refractivity contribution in [1.82, 2.24) is 4.98 Å². The fraction of sp³-hybridized carbons (Fsp3) is 0.238. The lowest BCUT2D eigenvalue weighted by atomic mass is 9.93. The molecule has 23 heavy (non-hydrogen) atoms. The Morgan fingerprint density at radius 3 is 2.65 bits per heavy atom. The van der Waals surface area contributed by atoms with Gasteiger partial charge in [0.15, 0.2) is 0 Å². The van der Waals surface area contributed by atoms with Crippen LogP contribution in [0.1, 0.15) is 36.0 Å². The number of pyridine rings is 1. The SMILES string of the molecule is Cc1ccc(C(C)CC(=O)Cc2ccc3ncccc3c2)cc1. The zero-order valence-electron chi connectivity index (χ0n) is 13.6. The van der Waals surface area contributed by atoms with E-state index in [0.29, 0.717) is 12.8 Å². The van der Waals surface area contributed by atoms with Gasteiger partial charge in [0.25, 0.3) is 0 Å². The van der Waals surface area contributed by atoms with Gasteiger partial charge in [-0.05, 0) is 42.2 Å². The zero-order valence-corrected chi connectivity index (χ0v) is 13.6. The summed E-state index contributed by atoms with van der Waals surface area (Å²) < 4.78 is 0. The highest BCUT2D eigenvalue weighted by Gasteiger charge is 2.12. The number of ketones is 1. The highest BCUT2D eigenvalue weighted by Crippen LogP contribution is 2.21. The molecule has 0 fully saturated rings. The Morgan fingerprint density at radius 2 is 1.87 bits per heavy atom. The summed E-state index contributed by atoms with van der Waals surface area (Å²) in [7, 11) is 0. The lowest BCUT2D eigenvalue weighted by Crippen LogP contribution is -2.07. The predicted molar refractivity (Wildman–Crippen MR) is 94.7 cm³/mol. The number of carbonyl (C=O) groups excluding carboxylic acids is 1. The van der Waals surface area contributed by atoms with E-state index in [2.05, 4.69) is 49.2 Å². The molecule has 1 unspecified atom stereocenters. The fourth-order valence-electron chi connectivity index (χ4n) is 2.89. The summed E-state index contributed by atoms with van der Waals surface area (Å²) in [5.41, 5.74) is 4.51. The molecule has 1 atom stereocenters. The van der Waals surface area contributed by atoms with Gasteiger partial charge in [-0.25, -0.2) is 0 Å². The zero-order chi connectivity index (χ0) is 16.2. The van der Waals surface area contributed by atoms with Crippen LogP contribution in [0.25, 0.3) is 10.9 Å². The van der Waals surface area contributed by atoms with Gasteiger partial charge >= 0.3 is 0 Å². The molecule has 0 amide bonds. The van der Waals surface area contributed by atoms with Crippen molar-refractivity contribution in [1.29, 1.82) is 0 Å². The summed E-state index contributed by atoms with van der Waals surface area (Å²) in [5.74, 6) is 0.534. The maximum Gasteiger partial charge on any atom is 0.137 e. The number of aromatic nitrogens is 1. The molecule has 0 aliphatic rings. The smallest absolute Gasteiger partial charge is 0.137 e. The number of hydrogen-bond acceptors (Lipinski definition) is 2. The average molecular weight is 303 g/mol. The van der Waals surface area contributed by atoms with E-state index in [1.807, 2.05) is 24.3 Å². The largest absolute Gasteiger partial charge is 0.299 e. The molecule has 0 radical (unpaired) electrons. The summed E-state index contributed by atoms with van der Waals surface area (Å²) in [4.78, 5) is 16.7. The molecule has 0 spiro atoms. The highest BCUT2D eigenvalue weighted by atomic mass is 16.1. The second-order valence-corrected chi connectivity index (χ2v) is 6.26. The molecular weight excluding hydrogens is 282 g/mol. The molecule has 0 bridgehead atoms. The monoisotopic (exact) mass is 303 g/mol. The molecular formula is C21H21NO. The van der Waals surface area contributed by atoms with Crippen LogP contribution in [-0.2, 0) is 11.2 Å².